The van der Waals surface area contributed by atoms with E-state index in [2.05, 4.69) is 10.5 Å². The van der Waals surface area contributed by atoms with Gasteiger partial charge in [-0.2, -0.15) is 0 Å². The monoisotopic (exact) mass is 261 g/mol. The van der Waals surface area contributed by atoms with E-state index in [4.69, 9.17) is 4.84 Å². The van der Waals surface area contributed by atoms with Gasteiger partial charge in [0, 0.05) is 0 Å². The molecule has 6 heteroatoms. The molecule has 0 atom stereocenters. The van der Waals surface area contributed by atoms with Crippen molar-refractivity contribution >= 4 is 16.8 Å². The summed E-state index contributed by atoms with van der Waals surface area (Å²) in [6.07, 6.45) is 0. The number of amides is 1. The number of carbonyl (C=O) groups excluding carboxylic acids is 1. The van der Waals surface area contributed by atoms with Crippen LogP contribution in [0.3, 0.4) is 0 Å². The van der Waals surface area contributed by atoms with Gasteiger partial charge in [0.1, 0.15) is 12.4 Å². The lowest BCUT2D eigenvalue weighted by atomic mass is 10.2. The summed E-state index contributed by atoms with van der Waals surface area (Å²) in [7, 11) is 0. The predicted octanol–water partition coefficient (Wildman–Crippen LogP) is 0.773. The topological polar surface area (TPSA) is 73.2 Å². The predicted molar refractivity (Wildman–Crippen MR) is 70.5 cm³/mol. The zero-order chi connectivity index (χ0) is 13.8. The number of carbonyl (C=O) groups is 1. The van der Waals surface area contributed by atoms with E-state index in [1.807, 2.05) is 6.07 Å². The zero-order valence-electron chi connectivity index (χ0n) is 10.8. The third-order valence-corrected chi connectivity index (χ3v) is 2.68. The molecule has 0 radical (unpaired) electrons. The average Bonchev–Trinajstić information content (AvgIpc) is 2.41. The SMILES string of the molecule is CCONC(=O)Cn1c(C)nc2ccccc2c1=O. The van der Waals surface area contributed by atoms with Gasteiger partial charge in [0.05, 0.1) is 17.5 Å². The van der Waals surface area contributed by atoms with Crippen LogP contribution >= 0.6 is 0 Å². The van der Waals surface area contributed by atoms with Crippen molar-refractivity contribution in [1.82, 2.24) is 15.0 Å². The Hall–Kier alpha value is -2.21. The van der Waals surface area contributed by atoms with E-state index >= 15 is 0 Å². The molecule has 2 rings (SSSR count). The molecule has 1 aromatic heterocycles. The van der Waals surface area contributed by atoms with Crippen molar-refractivity contribution in [3.8, 4) is 0 Å². The molecule has 0 saturated carbocycles. The minimum absolute atomic E-state index is 0.109. The highest BCUT2D eigenvalue weighted by molar-refractivity contribution is 5.78. The first-order chi connectivity index (χ1) is 9.13. The van der Waals surface area contributed by atoms with E-state index in [1.54, 1.807) is 32.0 Å². The number of hydrogen-bond donors (Lipinski definition) is 1. The summed E-state index contributed by atoms with van der Waals surface area (Å²) in [5.41, 5.74) is 2.66. The Morgan fingerprint density at radius 1 is 1.42 bits per heavy atom. The number of aryl methyl sites for hydroxylation is 1. The smallest absolute Gasteiger partial charge is 0.263 e. The fraction of sp³-hybridized carbons (Fsp3) is 0.308. The summed E-state index contributed by atoms with van der Waals surface area (Å²) < 4.78 is 1.33. The lowest BCUT2D eigenvalue weighted by Crippen LogP contribution is -2.34. The van der Waals surface area contributed by atoms with Gasteiger partial charge in [0.15, 0.2) is 0 Å². The lowest BCUT2D eigenvalue weighted by Gasteiger charge is -2.10. The van der Waals surface area contributed by atoms with Crippen molar-refractivity contribution < 1.29 is 9.63 Å². The quantitative estimate of drug-likeness (QED) is 0.825. The molecule has 100 valence electrons. The Labute approximate surface area is 110 Å². The number of rotatable bonds is 4. The van der Waals surface area contributed by atoms with Gasteiger partial charge in [-0.3, -0.25) is 19.0 Å². The van der Waals surface area contributed by atoms with Gasteiger partial charge in [-0.25, -0.2) is 10.5 Å². The molecule has 1 heterocycles. The van der Waals surface area contributed by atoms with Crippen LogP contribution in [-0.2, 0) is 16.2 Å². The van der Waals surface area contributed by atoms with Crippen LogP contribution in [-0.4, -0.2) is 22.1 Å². The van der Waals surface area contributed by atoms with E-state index in [0.29, 0.717) is 23.3 Å². The molecule has 1 amide bonds. The second-order valence-electron chi connectivity index (χ2n) is 4.03. The molecular weight excluding hydrogens is 246 g/mol. The maximum atomic E-state index is 12.3. The molecule has 0 aliphatic heterocycles. The third kappa shape index (κ3) is 2.79. The molecule has 1 aromatic carbocycles. The first-order valence-electron chi connectivity index (χ1n) is 6.00. The maximum Gasteiger partial charge on any atom is 0.263 e. The van der Waals surface area contributed by atoms with Crippen molar-refractivity contribution in [2.45, 2.75) is 20.4 Å². The molecule has 2 aromatic rings. The maximum absolute atomic E-state index is 12.3. The number of nitrogens with zero attached hydrogens (tertiary/aromatic N) is 2. The van der Waals surface area contributed by atoms with E-state index in [0.717, 1.165) is 0 Å². The molecule has 0 fully saturated rings. The van der Waals surface area contributed by atoms with E-state index in [9.17, 15) is 9.59 Å². The van der Waals surface area contributed by atoms with E-state index in [-0.39, 0.29) is 18.0 Å². The van der Waals surface area contributed by atoms with Gasteiger partial charge in [0.2, 0.25) is 0 Å². The minimum Gasteiger partial charge on any atom is -0.287 e. The second kappa shape index (κ2) is 5.62. The Bertz CT molecular complexity index is 664. The highest BCUT2D eigenvalue weighted by Crippen LogP contribution is 2.07. The highest BCUT2D eigenvalue weighted by atomic mass is 16.6. The standard InChI is InChI=1S/C13H15N3O3/c1-3-19-15-12(17)8-16-9(2)14-11-7-5-4-6-10(11)13(16)18/h4-7H,3,8H2,1-2H3,(H,15,17). The fourth-order valence-corrected chi connectivity index (χ4v) is 1.79. The fourth-order valence-electron chi connectivity index (χ4n) is 1.79. The Morgan fingerprint density at radius 2 is 2.16 bits per heavy atom. The molecule has 0 bridgehead atoms. The highest BCUT2D eigenvalue weighted by Gasteiger charge is 2.10. The molecule has 0 spiro atoms. The minimum atomic E-state index is -0.385. The van der Waals surface area contributed by atoms with Gasteiger partial charge in [0.25, 0.3) is 11.5 Å². The van der Waals surface area contributed by atoms with Crippen molar-refractivity contribution in [1.29, 1.82) is 0 Å². The van der Waals surface area contributed by atoms with Crippen LogP contribution in [0.2, 0.25) is 0 Å². The van der Waals surface area contributed by atoms with Gasteiger partial charge in [-0.1, -0.05) is 12.1 Å². The molecule has 0 aliphatic rings. The number of benzene rings is 1. The number of hydroxylamine groups is 1. The molecular formula is C13H15N3O3. The summed E-state index contributed by atoms with van der Waals surface area (Å²) in [6, 6.07) is 7.06. The van der Waals surface area contributed by atoms with Gasteiger partial charge in [-0.15, -0.1) is 0 Å². The average molecular weight is 261 g/mol. The molecule has 0 aliphatic carbocycles. The second-order valence-corrected chi connectivity index (χ2v) is 4.03. The van der Waals surface area contributed by atoms with E-state index < -0.39 is 0 Å². The van der Waals surface area contributed by atoms with Crippen LogP contribution in [0.5, 0.6) is 0 Å². The van der Waals surface area contributed by atoms with Gasteiger partial charge < -0.3 is 0 Å². The van der Waals surface area contributed by atoms with Crippen molar-refractivity contribution in [2.75, 3.05) is 6.61 Å². The zero-order valence-corrected chi connectivity index (χ0v) is 10.8. The third-order valence-electron chi connectivity index (χ3n) is 2.68. The van der Waals surface area contributed by atoms with Crippen molar-refractivity contribution in [2.24, 2.45) is 0 Å². The van der Waals surface area contributed by atoms with Crippen LogP contribution in [0.4, 0.5) is 0 Å². The van der Waals surface area contributed by atoms with Gasteiger partial charge in [-0.05, 0) is 26.0 Å². The first kappa shape index (κ1) is 13.2. The van der Waals surface area contributed by atoms with Crippen LogP contribution in [0.25, 0.3) is 10.9 Å². The molecule has 6 nitrogen and oxygen atoms in total. The summed E-state index contributed by atoms with van der Waals surface area (Å²) in [5.74, 6) is 0.111. The Balaban J connectivity index is 2.38. The number of aromatic nitrogens is 2. The lowest BCUT2D eigenvalue weighted by molar-refractivity contribution is -0.133. The van der Waals surface area contributed by atoms with E-state index in [1.165, 1.54) is 4.57 Å². The number of fused-ring (bicyclic) bond motifs is 1. The number of nitrogens with one attached hydrogen (secondary N) is 1. The van der Waals surface area contributed by atoms with Crippen LogP contribution < -0.4 is 11.0 Å². The summed E-state index contributed by atoms with van der Waals surface area (Å²) in [4.78, 5) is 33.0. The molecule has 1 N–H and O–H groups in total. The normalized spacial score (nSPS) is 10.6. The summed E-state index contributed by atoms with van der Waals surface area (Å²) >= 11 is 0. The largest absolute Gasteiger partial charge is 0.287 e. The summed E-state index contributed by atoms with van der Waals surface area (Å²) in [6.45, 7) is 3.72. The van der Waals surface area contributed by atoms with Crippen LogP contribution in [0, 0.1) is 6.92 Å². The number of hydrogen-bond acceptors (Lipinski definition) is 4. The van der Waals surface area contributed by atoms with Crippen LogP contribution in [0.15, 0.2) is 29.1 Å². The Kier molecular flexibility index (Phi) is 3.91. The Morgan fingerprint density at radius 3 is 2.89 bits per heavy atom. The molecule has 19 heavy (non-hydrogen) atoms. The van der Waals surface area contributed by atoms with Gasteiger partial charge >= 0.3 is 0 Å². The first-order valence-corrected chi connectivity index (χ1v) is 6.00. The van der Waals surface area contributed by atoms with Crippen LogP contribution in [0.1, 0.15) is 12.7 Å². The number of para-hydroxylation sites is 1. The summed E-state index contributed by atoms with van der Waals surface area (Å²) in [5, 5.41) is 0.498. The molecule has 0 unspecified atom stereocenters. The molecule has 0 saturated heterocycles. The van der Waals surface area contributed by atoms with Crippen molar-refractivity contribution in [3.63, 3.8) is 0 Å². The van der Waals surface area contributed by atoms with Crippen molar-refractivity contribution in [3.05, 3.63) is 40.4 Å².